The third kappa shape index (κ3) is 4.23. The van der Waals surface area contributed by atoms with E-state index >= 15 is 0 Å². The monoisotopic (exact) mass is 452 g/mol. The van der Waals surface area contributed by atoms with Crippen LogP contribution in [0.3, 0.4) is 0 Å². The summed E-state index contributed by atoms with van der Waals surface area (Å²) in [5.41, 5.74) is 2.45. The number of aromatic nitrogens is 2. The van der Waals surface area contributed by atoms with Crippen molar-refractivity contribution in [3.8, 4) is 0 Å². The minimum absolute atomic E-state index is 0.0481. The minimum Gasteiger partial charge on any atom is -0.381 e. The van der Waals surface area contributed by atoms with Crippen molar-refractivity contribution in [1.82, 2.24) is 20.0 Å². The molecule has 0 saturated carbocycles. The van der Waals surface area contributed by atoms with Gasteiger partial charge in [0.25, 0.3) is 0 Å². The SMILES string of the molecule is C[C@@H]1CN(CC(F)(F)F)C[C@H]1N1Cc2cc3c(NC4CCOCC4)n[nH]c3cc2NC1=O. The van der Waals surface area contributed by atoms with E-state index in [-0.39, 0.29) is 24.5 Å². The molecule has 0 unspecified atom stereocenters. The average molecular weight is 452 g/mol. The van der Waals surface area contributed by atoms with Crippen LogP contribution in [-0.4, -0.2) is 77.1 Å². The van der Waals surface area contributed by atoms with E-state index in [1.807, 2.05) is 19.1 Å². The molecule has 174 valence electrons. The molecule has 8 nitrogen and oxygen atoms in total. The summed E-state index contributed by atoms with van der Waals surface area (Å²) in [6.45, 7) is 3.29. The molecular weight excluding hydrogens is 425 g/mol. The van der Waals surface area contributed by atoms with Gasteiger partial charge in [-0.2, -0.15) is 18.3 Å². The Bertz CT molecular complexity index is 1000. The van der Waals surface area contributed by atoms with Crippen LogP contribution in [0.4, 0.5) is 29.5 Å². The number of aromatic amines is 1. The van der Waals surface area contributed by atoms with E-state index in [9.17, 15) is 18.0 Å². The number of alkyl halides is 3. The smallest absolute Gasteiger partial charge is 0.381 e. The number of H-pyrrole nitrogens is 1. The number of halogens is 3. The van der Waals surface area contributed by atoms with Crippen LogP contribution in [-0.2, 0) is 11.3 Å². The number of nitrogens with one attached hydrogen (secondary N) is 3. The van der Waals surface area contributed by atoms with E-state index in [4.69, 9.17) is 4.74 Å². The van der Waals surface area contributed by atoms with Crippen molar-refractivity contribution in [2.24, 2.45) is 5.92 Å². The molecule has 5 rings (SSSR count). The Hall–Kier alpha value is -2.53. The number of likely N-dealkylation sites (tertiary alicyclic amines) is 1. The molecule has 1 aromatic carbocycles. The normalized spacial score (nSPS) is 25.2. The van der Waals surface area contributed by atoms with Crippen LogP contribution in [0, 0.1) is 5.92 Å². The average Bonchev–Trinajstić information content (AvgIpc) is 3.28. The number of hydrogen-bond donors (Lipinski definition) is 3. The molecule has 2 fully saturated rings. The molecule has 11 heteroatoms. The van der Waals surface area contributed by atoms with Gasteiger partial charge in [-0.15, -0.1) is 0 Å². The van der Waals surface area contributed by atoms with Gasteiger partial charge in [0, 0.05) is 50.0 Å². The first kappa shape index (κ1) is 21.3. The summed E-state index contributed by atoms with van der Waals surface area (Å²) in [5.74, 6) is 0.719. The summed E-state index contributed by atoms with van der Waals surface area (Å²) in [6.07, 6.45) is -2.42. The summed E-state index contributed by atoms with van der Waals surface area (Å²) < 4.78 is 43.9. The first-order chi connectivity index (χ1) is 15.3. The van der Waals surface area contributed by atoms with Crippen LogP contribution in [0.15, 0.2) is 12.1 Å². The number of benzene rings is 1. The van der Waals surface area contributed by atoms with Gasteiger partial charge < -0.3 is 20.3 Å². The van der Waals surface area contributed by atoms with Crippen LogP contribution >= 0.6 is 0 Å². The Balaban J connectivity index is 1.36. The number of urea groups is 1. The fourth-order valence-corrected chi connectivity index (χ4v) is 5.05. The fraction of sp³-hybridized carbons (Fsp3) is 0.619. The molecule has 0 bridgehead atoms. The number of anilines is 2. The van der Waals surface area contributed by atoms with Gasteiger partial charge >= 0.3 is 12.2 Å². The maximum Gasteiger partial charge on any atom is 0.401 e. The number of carbonyl (C=O) groups excluding carboxylic acids is 1. The molecule has 3 aliphatic rings. The summed E-state index contributed by atoms with van der Waals surface area (Å²) in [5, 5.41) is 14.8. The van der Waals surface area contributed by atoms with Crippen molar-refractivity contribution in [2.75, 3.05) is 43.5 Å². The number of nitrogens with zero attached hydrogens (tertiary/aromatic N) is 3. The van der Waals surface area contributed by atoms with E-state index in [2.05, 4.69) is 20.8 Å². The van der Waals surface area contributed by atoms with Gasteiger partial charge in [-0.05, 0) is 36.5 Å². The zero-order valence-corrected chi connectivity index (χ0v) is 17.8. The topological polar surface area (TPSA) is 85.5 Å². The zero-order valence-electron chi connectivity index (χ0n) is 17.8. The standard InChI is InChI=1S/C21H27F3N6O2/c1-12-8-29(11-21(22,23)24)10-18(12)30-9-13-6-15-17(7-16(13)26-20(30)31)27-28-19(15)25-14-2-4-32-5-3-14/h6-7,12,14,18H,2-5,8-11H2,1H3,(H,26,31)(H2,25,27,28)/t12-,18-/m1/s1. The molecule has 2 amide bonds. The molecule has 0 aliphatic carbocycles. The van der Waals surface area contributed by atoms with Gasteiger partial charge in [0.15, 0.2) is 5.82 Å². The van der Waals surface area contributed by atoms with Gasteiger partial charge in [-0.3, -0.25) is 10.00 Å². The van der Waals surface area contributed by atoms with Crippen molar-refractivity contribution in [1.29, 1.82) is 0 Å². The second kappa shape index (κ2) is 8.11. The number of ether oxygens (including phenoxy) is 1. The second-order valence-corrected chi connectivity index (χ2v) is 9.07. The van der Waals surface area contributed by atoms with Crippen molar-refractivity contribution in [3.05, 3.63) is 17.7 Å². The third-order valence-electron chi connectivity index (χ3n) is 6.64. The predicted molar refractivity (Wildman–Crippen MR) is 114 cm³/mol. The number of carbonyl (C=O) groups is 1. The maximum absolute atomic E-state index is 12.8. The van der Waals surface area contributed by atoms with E-state index in [0.717, 1.165) is 48.3 Å². The van der Waals surface area contributed by atoms with E-state index in [1.54, 1.807) is 4.90 Å². The van der Waals surface area contributed by atoms with Crippen molar-refractivity contribution in [2.45, 2.75) is 44.6 Å². The van der Waals surface area contributed by atoms with E-state index in [0.29, 0.717) is 24.8 Å². The highest BCUT2D eigenvalue weighted by atomic mass is 19.4. The lowest BCUT2D eigenvalue weighted by Gasteiger charge is -2.35. The van der Waals surface area contributed by atoms with Crippen LogP contribution in [0.25, 0.3) is 10.9 Å². The lowest BCUT2D eigenvalue weighted by molar-refractivity contribution is -0.144. The number of rotatable bonds is 4. The maximum atomic E-state index is 12.8. The summed E-state index contributed by atoms with van der Waals surface area (Å²) in [4.78, 5) is 15.9. The van der Waals surface area contributed by atoms with Gasteiger partial charge in [0.2, 0.25) is 0 Å². The van der Waals surface area contributed by atoms with Crippen molar-refractivity contribution >= 4 is 28.4 Å². The highest BCUT2D eigenvalue weighted by molar-refractivity contribution is 5.99. The van der Waals surface area contributed by atoms with E-state index < -0.39 is 12.7 Å². The number of fused-ring (bicyclic) bond motifs is 2. The molecule has 4 heterocycles. The van der Waals surface area contributed by atoms with Gasteiger partial charge in [-0.25, -0.2) is 4.79 Å². The predicted octanol–water partition coefficient (Wildman–Crippen LogP) is 3.38. The minimum atomic E-state index is -4.24. The number of hydrogen-bond acceptors (Lipinski definition) is 5. The highest BCUT2D eigenvalue weighted by Gasteiger charge is 2.42. The molecule has 3 aliphatic heterocycles. The Morgan fingerprint density at radius 2 is 2.03 bits per heavy atom. The molecule has 32 heavy (non-hydrogen) atoms. The molecule has 2 atom stereocenters. The first-order valence-corrected chi connectivity index (χ1v) is 11.0. The Kier molecular flexibility index (Phi) is 5.40. The van der Waals surface area contributed by atoms with Crippen LogP contribution in [0.2, 0.25) is 0 Å². The van der Waals surface area contributed by atoms with Gasteiger partial charge in [-0.1, -0.05) is 6.92 Å². The molecular formula is C21H27F3N6O2. The van der Waals surface area contributed by atoms with Crippen LogP contribution in [0.5, 0.6) is 0 Å². The largest absolute Gasteiger partial charge is 0.401 e. The fourth-order valence-electron chi connectivity index (χ4n) is 5.05. The number of amides is 2. The van der Waals surface area contributed by atoms with Crippen LogP contribution in [0.1, 0.15) is 25.3 Å². The van der Waals surface area contributed by atoms with Crippen molar-refractivity contribution in [3.63, 3.8) is 0 Å². The molecule has 2 aromatic rings. The summed E-state index contributed by atoms with van der Waals surface area (Å²) in [6, 6.07) is 3.63. The molecule has 3 N–H and O–H groups in total. The third-order valence-corrected chi connectivity index (χ3v) is 6.64. The Morgan fingerprint density at radius 1 is 1.25 bits per heavy atom. The lowest BCUT2D eigenvalue weighted by atomic mass is 10.0. The van der Waals surface area contributed by atoms with Gasteiger partial charge in [0.1, 0.15) is 0 Å². The first-order valence-electron chi connectivity index (χ1n) is 11.0. The molecule has 0 radical (unpaired) electrons. The Labute approximate surface area is 183 Å². The zero-order chi connectivity index (χ0) is 22.5. The lowest BCUT2D eigenvalue weighted by Crippen LogP contribution is -2.48. The molecule has 0 spiro atoms. The summed E-state index contributed by atoms with van der Waals surface area (Å²) >= 11 is 0. The van der Waals surface area contributed by atoms with E-state index in [1.165, 1.54) is 4.90 Å². The Morgan fingerprint density at radius 3 is 2.78 bits per heavy atom. The second-order valence-electron chi connectivity index (χ2n) is 9.07. The summed E-state index contributed by atoms with van der Waals surface area (Å²) in [7, 11) is 0. The quantitative estimate of drug-likeness (QED) is 0.662. The molecule has 1 aromatic heterocycles. The van der Waals surface area contributed by atoms with Crippen LogP contribution < -0.4 is 10.6 Å². The highest BCUT2D eigenvalue weighted by Crippen LogP contribution is 2.35. The van der Waals surface area contributed by atoms with Gasteiger partial charge in [0.05, 0.1) is 18.1 Å². The van der Waals surface area contributed by atoms with Crippen molar-refractivity contribution < 1.29 is 22.7 Å². The molecule has 2 saturated heterocycles.